The number of hydrogen-bond donors (Lipinski definition) is 1. The fourth-order valence-corrected chi connectivity index (χ4v) is 3.41. The van der Waals surface area contributed by atoms with Crippen molar-refractivity contribution in [1.29, 1.82) is 0 Å². The summed E-state index contributed by atoms with van der Waals surface area (Å²) in [6, 6.07) is 18.6. The first-order valence-electron chi connectivity index (χ1n) is 10.0. The molecular weight excluding hydrogens is 412 g/mol. The molecule has 1 N–H and O–H groups in total. The minimum absolute atomic E-state index is 0.206. The van der Waals surface area contributed by atoms with Crippen molar-refractivity contribution in [3.05, 3.63) is 71.4 Å². The molecule has 6 nitrogen and oxygen atoms in total. The summed E-state index contributed by atoms with van der Waals surface area (Å²) < 4.78 is 7.08. The van der Waals surface area contributed by atoms with Crippen molar-refractivity contribution in [3.8, 4) is 28.3 Å². The lowest BCUT2D eigenvalue weighted by atomic mass is 10.1. The van der Waals surface area contributed by atoms with Gasteiger partial charge in [0.15, 0.2) is 5.65 Å². The van der Waals surface area contributed by atoms with Crippen LogP contribution in [0.1, 0.15) is 24.3 Å². The Hall–Kier alpha value is -3.38. The van der Waals surface area contributed by atoms with E-state index in [0.717, 1.165) is 11.1 Å². The molecule has 0 atom stereocenters. The summed E-state index contributed by atoms with van der Waals surface area (Å²) in [6.45, 7) is 4.67. The summed E-state index contributed by atoms with van der Waals surface area (Å²) in [7, 11) is 1.62. The second-order valence-electron chi connectivity index (χ2n) is 7.64. The molecule has 31 heavy (non-hydrogen) atoms. The van der Waals surface area contributed by atoms with Gasteiger partial charge in [0.05, 0.1) is 18.5 Å². The minimum Gasteiger partial charge on any atom is -0.496 e. The number of rotatable bonds is 6. The topological polar surface area (TPSA) is 68.5 Å². The van der Waals surface area contributed by atoms with Gasteiger partial charge in [-0.05, 0) is 36.2 Å². The van der Waals surface area contributed by atoms with Crippen LogP contribution in [0.2, 0.25) is 5.02 Å². The first-order valence-corrected chi connectivity index (χ1v) is 10.4. The lowest BCUT2D eigenvalue weighted by molar-refractivity contribution is 0.0941. The maximum Gasteiger partial charge on any atom is 0.270 e. The minimum atomic E-state index is -0.206. The Morgan fingerprint density at radius 3 is 2.55 bits per heavy atom. The maximum absolute atomic E-state index is 13.0. The molecular formula is C24H23ClN4O2. The SMILES string of the molecule is COc1ccccc1-c1cc(C(=O)NCC(C)C)n2nc(-c3ccc(Cl)cc3)cc2n1. The highest BCUT2D eigenvalue weighted by atomic mass is 35.5. The van der Waals surface area contributed by atoms with Crippen LogP contribution in [0.15, 0.2) is 60.7 Å². The molecule has 0 spiro atoms. The summed E-state index contributed by atoms with van der Waals surface area (Å²) in [6.07, 6.45) is 0. The molecule has 0 fully saturated rings. The number of hydrogen-bond acceptors (Lipinski definition) is 4. The van der Waals surface area contributed by atoms with Crippen molar-refractivity contribution >= 4 is 23.2 Å². The lowest BCUT2D eigenvalue weighted by Crippen LogP contribution is -2.29. The molecule has 0 aliphatic heterocycles. The van der Waals surface area contributed by atoms with Crippen LogP contribution in [-0.4, -0.2) is 34.2 Å². The zero-order chi connectivity index (χ0) is 22.0. The van der Waals surface area contributed by atoms with Crippen LogP contribution in [0.5, 0.6) is 5.75 Å². The van der Waals surface area contributed by atoms with E-state index in [1.165, 1.54) is 0 Å². The first-order chi connectivity index (χ1) is 15.0. The van der Waals surface area contributed by atoms with E-state index in [1.807, 2.05) is 54.6 Å². The third kappa shape index (κ3) is 4.39. The lowest BCUT2D eigenvalue weighted by Gasteiger charge is -2.12. The number of nitrogens with zero attached hydrogens (tertiary/aromatic N) is 3. The highest BCUT2D eigenvalue weighted by molar-refractivity contribution is 6.30. The normalized spacial score (nSPS) is 11.1. The molecule has 2 heterocycles. The summed E-state index contributed by atoms with van der Waals surface area (Å²) >= 11 is 6.02. The number of methoxy groups -OCH3 is 1. The average molecular weight is 435 g/mol. The zero-order valence-corrected chi connectivity index (χ0v) is 18.3. The molecule has 7 heteroatoms. The van der Waals surface area contributed by atoms with Crippen LogP contribution >= 0.6 is 11.6 Å². The molecule has 0 aliphatic carbocycles. The van der Waals surface area contributed by atoms with E-state index in [1.54, 1.807) is 17.7 Å². The van der Waals surface area contributed by atoms with E-state index in [4.69, 9.17) is 21.3 Å². The van der Waals surface area contributed by atoms with Gasteiger partial charge in [-0.1, -0.05) is 49.7 Å². The molecule has 0 unspecified atom stereocenters. The Balaban J connectivity index is 1.88. The molecule has 1 amide bonds. The molecule has 0 radical (unpaired) electrons. The number of carbonyl (C=O) groups excluding carboxylic acids is 1. The van der Waals surface area contributed by atoms with Gasteiger partial charge in [0.2, 0.25) is 0 Å². The Labute approximate surface area is 185 Å². The predicted octanol–water partition coefficient (Wildman–Crippen LogP) is 5.11. The number of benzene rings is 2. The number of amides is 1. The second-order valence-corrected chi connectivity index (χ2v) is 8.07. The number of carbonyl (C=O) groups is 1. The number of nitrogens with one attached hydrogen (secondary N) is 1. The number of halogens is 1. The Kier molecular flexibility index (Phi) is 5.91. The van der Waals surface area contributed by atoms with Gasteiger partial charge in [-0.2, -0.15) is 5.10 Å². The summed E-state index contributed by atoms with van der Waals surface area (Å²) in [5.41, 5.74) is 4.03. The van der Waals surface area contributed by atoms with E-state index in [-0.39, 0.29) is 5.91 Å². The first kappa shape index (κ1) is 20.9. The van der Waals surface area contributed by atoms with Crippen molar-refractivity contribution in [2.24, 2.45) is 5.92 Å². The molecule has 0 aliphatic rings. The number of aromatic nitrogens is 3. The van der Waals surface area contributed by atoms with Crippen molar-refractivity contribution in [1.82, 2.24) is 19.9 Å². The Morgan fingerprint density at radius 1 is 1.10 bits per heavy atom. The Bertz CT molecular complexity index is 1230. The van der Waals surface area contributed by atoms with Crippen molar-refractivity contribution in [2.75, 3.05) is 13.7 Å². The molecule has 158 valence electrons. The standard InChI is InChI=1S/C24H23ClN4O2/c1-15(2)14-26-24(30)21-12-20(18-6-4-5-7-22(18)31-3)27-23-13-19(28-29(21)23)16-8-10-17(25)11-9-16/h4-13,15H,14H2,1-3H3,(H,26,30). The van der Waals surface area contributed by atoms with E-state index in [0.29, 0.717) is 46.0 Å². The van der Waals surface area contributed by atoms with Crippen molar-refractivity contribution in [2.45, 2.75) is 13.8 Å². The molecule has 0 saturated carbocycles. The highest BCUT2D eigenvalue weighted by Gasteiger charge is 2.18. The largest absolute Gasteiger partial charge is 0.496 e. The van der Waals surface area contributed by atoms with Crippen LogP contribution in [0, 0.1) is 5.92 Å². The van der Waals surface area contributed by atoms with Crippen molar-refractivity contribution in [3.63, 3.8) is 0 Å². The van der Waals surface area contributed by atoms with Gasteiger partial charge >= 0.3 is 0 Å². The Morgan fingerprint density at radius 2 is 1.84 bits per heavy atom. The fraction of sp³-hybridized carbons (Fsp3) is 0.208. The predicted molar refractivity (Wildman–Crippen MR) is 123 cm³/mol. The van der Waals surface area contributed by atoms with Gasteiger partial charge in [0.1, 0.15) is 11.4 Å². The van der Waals surface area contributed by atoms with E-state index in [2.05, 4.69) is 24.3 Å². The third-order valence-corrected chi connectivity index (χ3v) is 5.11. The number of para-hydroxylation sites is 1. The molecule has 4 aromatic rings. The van der Waals surface area contributed by atoms with Crippen molar-refractivity contribution < 1.29 is 9.53 Å². The van der Waals surface area contributed by atoms with Crippen LogP contribution in [0.3, 0.4) is 0 Å². The fourth-order valence-electron chi connectivity index (χ4n) is 3.28. The zero-order valence-electron chi connectivity index (χ0n) is 17.6. The summed E-state index contributed by atoms with van der Waals surface area (Å²) in [5.74, 6) is 0.811. The highest BCUT2D eigenvalue weighted by Crippen LogP contribution is 2.30. The van der Waals surface area contributed by atoms with Crippen LogP contribution in [-0.2, 0) is 0 Å². The molecule has 4 rings (SSSR count). The summed E-state index contributed by atoms with van der Waals surface area (Å²) in [4.78, 5) is 17.8. The summed E-state index contributed by atoms with van der Waals surface area (Å²) in [5, 5.41) is 8.29. The number of fused-ring (bicyclic) bond motifs is 1. The molecule has 2 aromatic heterocycles. The van der Waals surface area contributed by atoms with E-state index in [9.17, 15) is 4.79 Å². The number of ether oxygens (including phenoxy) is 1. The van der Waals surface area contributed by atoms with Gasteiger partial charge in [-0.25, -0.2) is 9.50 Å². The smallest absolute Gasteiger partial charge is 0.270 e. The molecule has 0 saturated heterocycles. The maximum atomic E-state index is 13.0. The van der Waals surface area contributed by atoms with Crippen LogP contribution in [0.4, 0.5) is 0 Å². The monoisotopic (exact) mass is 434 g/mol. The van der Waals surface area contributed by atoms with Gasteiger partial charge in [-0.15, -0.1) is 0 Å². The van der Waals surface area contributed by atoms with E-state index >= 15 is 0 Å². The molecule has 2 aromatic carbocycles. The van der Waals surface area contributed by atoms with Gasteiger partial charge in [0, 0.05) is 28.8 Å². The van der Waals surface area contributed by atoms with Gasteiger partial charge in [-0.3, -0.25) is 4.79 Å². The molecule has 0 bridgehead atoms. The average Bonchev–Trinajstić information content (AvgIpc) is 3.21. The third-order valence-electron chi connectivity index (χ3n) is 4.85. The second kappa shape index (κ2) is 8.78. The van der Waals surface area contributed by atoms with Crippen LogP contribution < -0.4 is 10.1 Å². The van der Waals surface area contributed by atoms with Gasteiger partial charge in [0.25, 0.3) is 5.91 Å². The van der Waals surface area contributed by atoms with Gasteiger partial charge < -0.3 is 10.1 Å². The van der Waals surface area contributed by atoms with Crippen LogP contribution in [0.25, 0.3) is 28.2 Å². The van der Waals surface area contributed by atoms with E-state index < -0.39 is 0 Å². The quantitative estimate of drug-likeness (QED) is 0.457.